The molecule has 2 rings (SSSR count). The third kappa shape index (κ3) is 3.46. The van der Waals surface area contributed by atoms with Gasteiger partial charge in [0.25, 0.3) is 0 Å². The van der Waals surface area contributed by atoms with Gasteiger partial charge in [-0.1, -0.05) is 6.07 Å². The normalized spacial score (nSPS) is 21.0. The highest BCUT2D eigenvalue weighted by Crippen LogP contribution is 2.27. The Bertz CT molecular complexity index is 399. The molecule has 1 saturated heterocycles. The molecule has 18 heavy (non-hydrogen) atoms. The molecule has 0 amide bonds. The largest absolute Gasteiger partial charge is 0.381 e. The molecular formula is C14H21BrN2O. The first-order valence-corrected chi connectivity index (χ1v) is 7.16. The number of hydrogen-bond donors (Lipinski definition) is 1. The standard InChI is InChI=1S/C14H21BrN2O/c1-10-6-11(2)14(13(15)7-10)16-8-12-9-17(3)4-5-18-12/h6-7,12,16H,4-5,8-9H2,1-3H3. The maximum Gasteiger partial charge on any atom is 0.0874 e. The SMILES string of the molecule is Cc1cc(C)c(NCC2CN(C)CCO2)c(Br)c1. The van der Waals surface area contributed by atoms with Crippen LogP contribution in [0.5, 0.6) is 0 Å². The van der Waals surface area contributed by atoms with Gasteiger partial charge in [0.2, 0.25) is 0 Å². The van der Waals surface area contributed by atoms with Gasteiger partial charge in [0, 0.05) is 24.1 Å². The van der Waals surface area contributed by atoms with Crippen LogP contribution in [0.15, 0.2) is 16.6 Å². The molecular weight excluding hydrogens is 292 g/mol. The van der Waals surface area contributed by atoms with Crippen molar-refractivity contribution in [2.24, 2.45) is 0 Å². The number of hydrogen-bond acceptors (Lipinski definition) is 3. The summed E-state index contributed by atoms with van der Waals surface area (Å²) in [5.41, 5.74) is 3.72. The predicted molar refractivity (Wildman–Crippen MR) is 79.3 cm³/mol. The first-order valence-electron chi connectivity index (χ1n) is 6.37. The van der Waals surface area contributed by atoms with Gasteiger partial charge >= 0.3 is 0 Å². The Morgan fingerprint density at radius 2 is 2.22 bits per heavy atom. The number of nitrogens with one attached hydrogen (secondary N) is 1. The first kappa shape index (κ1) is 13.8. The first-order chi connectivity index (χ1) is 8.56. The number of likely N-dealkylation sites (N-methyl/N-ethyl adjacent to an activating group) is 1. The van der Waals surface area contributed by atoms with Crippen molar-refractivity contribution in [1.82, 2.24) is 4.90 Å². The van der Waals surface area contributed by atoms with Gasteiger partial charge < -0.3 is 15.0 Å². The minimum absolute atomic E-state index is 0.274. The predicted octanol–water partition coefficient (Wildman–Crippen LogP) is 2.81. The van der Waals surface area contributed by atoms with Gasteiger partial charge in [-0.05, 0) is 54.0 Å². The Balaban J connectivity index is 1.97. The molecule has 100 valence electrons. The van der Waals surface area contributed by atoms with Crippen LogP contribution in [0.25, 0.3) is 0 Å². The average molecular weight is 313 g/mol. The fourth-order valence-corrected chi connectivity index (χ4v) is 3.16. The van der Waals surface area contributed by atoms with E-state index in [0.29, 0.717) is 0 Å². The van der Waals surface area contributed by atoms with Crippen molar-refractivity contribution >= 4 is 21.6 Å². The zero-order chi connectivity index (χ0) is 13.1. The Labute approximate surface area is 118 Å². The fraction of sp³-hybridized carbons (Fsp3) is 0.571. The smallest absolute Gasteiger partial charge is 0.0874 e. The fourth-order valence-electron chi connectivity index (χ4n) is 2.35. The molecule has 1 heterocycles. The van der Waals surface area contributed by atoms with Gasteiger partial charge in [-0.15, -0.1) is 0 Å². The quantitative estimate of drug-likeness (QED) is 0.929. The molecule has 1 N–H and O–H groups in total. The lowest BCUT2D eigenvalue weighted by molar-refractivity contribution is -0.0117. The lowest BCUT2D eigenvalue weighted by Crippen LogP contribution is -2.43. The molecule has 0 saturated carbocycles. The molecule has 3 nitrogen and oxygen atoms in total. The molecule has 1 fully saturated rings. The summed E-state index contributed by atoms with van der Waals surface area (Å²) in [7, 11) is 2.14. The van der Waals surface area contributed by atoms with Crippen molar-refractivity contribution in [3.63, 3.8) is 0 Å². The van der Waals surface area contributed by atoms with Crippen LogP contribution in [0.3, 0.4) is 0 Å². The van der Waals surface area contributed by atoms with E-state index >= 15 is 0 Å². The number of morpholine rings is 1. The molecule has 1 aliphatic heterocycles. The van der Waals surface area contributed by atoms with E-state index in [2.05, 4.69) is 59.2 Å². The van der Waals surface area contributed by atoms with Crippen molar-refractivity contribution < 1.29 is 4.74 Å². The molecule has 0 bridgehead atoms. The summed E-state index contributed by atoms with van der Waals surface area (Å²) in [6, 6.07) is 4.34. The van der Waals surface area contributed by atoms with Gasteiger partial charge in [-0.3, -0.25) is 0 Å². The van der Waals surface area contributed by atoms with Gasteiger partial charge in [0.15, 0.2) is 0 Å². The summed E-state index contributed by atoms with van der Waals surface area (Å²) in [5.74, 6) is 0. The van der Waals surface area contributed by atoms with Crippen molar-refractivity contribution in [2.75, 3.05) is 38.6 Å². The Morgan fingerprint density at radius 1 is 1.44 bits per heavy atom. The molecule has 4 heteroatoms. The molecule has 0 aromatic heterocycles. The molecule has 0 aliphatic carbocycles. The van der Waals surface area contributed by atoms with E-state index in [1.807, 2.05) is 0 Å². The molecule has 1 aromatic carbocycles. The number of halogens is 1. The summed E-state index contributed by atoms with van der Waals surface area (Å²) < 4.78 is 6.88. The molecule has 1 aliphatic rings. The van der Waals surface area contributed by atoms with E-state index in [1.54, 1.807) is 0 Å². The number of rotatable bonds is 3. The van der Waals surface area contributed by atoms with Crippen LogP contribution in [0.4, 0.5) is 5.69 Å². The van der Waals surface area contributed by atoms with E-state index < -0.39 is 0 Å². The lowest BCUT2D eigenvalue weighted by Gasteiger charge is -2.30. The van der Waals surface area contributed by atoms with Crippen LogP contribution in [0.1, 0.15) is 11.1 Å². The topological polar surface area (TPSA) is 24.5 Å². The minimum Gasteiger partial charge on any atom is -0.381 e. The van der Waals surface area contributed by atoms with Crippen LogP contribution < -0.4 is 5.32 Å². The van der Waals surface area contributed by atoms with Gasteiger partial charge in [-0.25, -0.2) is 0 Å². The van der Waals surface area contributed by atoms with Crippen LogP contribution in [-0.2, 0) is 4.74 Å². The second kappa shape index (κ2) is 6.04. The number of anilines is 1. The summed E-state index contributed by atoms with van der Waals surface area (Å²) in [6.07, 6.45) is 0.274. The molecule has 1 atom stereocenters. The van der Waals surface area contributed by atoms with Gasteiger partial charge in [-0.2, -0.15) is 0 Å². The number of benzene rings is 1. The molecule has 1 unspecified atom stereocenters. The van der Waals surface area contributed by atoms with E-state index in [0.717, 1.165) is 30.7 Å². The van der Waals surface area contributed by atoms with E-state index in [1.165, 1.54) is 16.8 Å². The molecule has 1 aromatic rings. The highest BCUT2D eigenvalue weighted by atomic mass is 79.9. The van der Waals surface area contributed by atoms with Crippen molar-refractivity contribution in [3.05, 3.63) is 27.7 Å². The Hall–Kier alpha value is -0.580. The van der Waals surface area contributed by atoms with Crippen LogP contribution in [0, 0.1) is 13.8 Å². The Morgan fingerprint density at radius 3 is 2.89 bits per heavy atom. The Kier molecular flexibility index (Phi) is 4.65. The van der Waals surface area contributed by atoms with Crippen molar-refractivity contribution in [3.8, 4) is 0 Å². The summed E-state index contributed by atoms with van der Waals surface area (Å²) in [4.78, 5) is 2.31. The average Bonchev–Trinajstić information content (AvgIpc) is 2.27. The third-order valence-corrected chi connectivity index (χ3v) is 3.91. The van der Waals surface area contributed by atoms with Gasteiger partial charge in [0.05, 0.1) is 18.4 Å². The van der Waals surface area contributed by atoms with E-state index in [4.69, 9.17) is 4.74 Å². The zero-order valence-corrected chi connectivity index (χ0v) is 12.9. The maximum absolute atomic E-state index is 5.75. The molecule has 0 spiro atoms. The summed E-state index contributed by atoms with van der Waals surface area (Å²) in [5, 5.41) is 3.50. The number of ether oxygens (including phenoxy) is 1. The van der Waals surface area contributed by atoms with Crippen molar-refractivity contribution in [1.29, 1.82) is 0 Å². The van der Waals surface area contributed by atoms with Crippen molar-refractivity contribution in [2.45, 2.75) is 20.0 Å². The zero-order valence-electron chi connectivity index (χ0n) is 11.3. The summed E-state index contributed by atoms with van der Waals surface area (Å²) >= 11 is 3.62. The number of aryl methyl sites for hydroxylation is 2. The second-order valence-electron chi connectivity index (χ2n) is 5.07. The van der Waals surface area contributed by atoms with Crippen LogP contribution >= 0.6 is 15.9 Å². The van der Waals surface area contributed by atoms with E-state index in [9.17, 15) is 0 Å². The summed E-state index contributed by atoms with van der Waals surface area (Å²) in [6.45, 7) is 7.96. The molecule has 0 radical (unpaired) electrons. The highest BCUT2D eigenvalue weighted by Gasteiger charge is 2.17. The van der Waals surface area contributed by atoms with Crippen LogP contribution in [0.2, 0.25) is 0 Å². The van der Waals surface area contributed by atoms with Gasteiger partial charge in [0.1, 0.15) is 0 Å². The van der Waals surface area contributed by atoms with Crippen LogP contribution in [-0.4, -0.2) is 44.3 Å². The monoisotopic (exact) mass is 312 g/mol. The lowest BCUT2D eigenvalue weighted by atomic mass is 10.1. The maximum atomic E-state index is 5.75. The highest BCUT2D eigenvalue weighted by molar-refractivity contribution is 9.10. The second-order valence-corrected chi connectivity index (χ2v) is 5.93. The minimum atomic E-state index is 0.274. The number of nitrogens with zero attached hydrogens (tertiary/aromatic N) is 1. The van der Waals surface area contributed by atoms with E-state index in [-0.39, 0.29) is 6.10 Å². The third-order valence-electron chi connectivity index (χ3n) is 3.28.